The van der Waals surface area contributed by atoms with E-state index in [0.717, 1.165) is 16.6 Å². The molecular weight excluding hydrogens is 308 g/mol. The van der Waals surface area contributed by atoms with Gasteiger partial charge in [-0.15, -0.1) is 6.58 Å². The van der Waals surface area contributed by atoms with E-state index in [1.807, 2.05) is 10.6 Å². The molecular formula is C17H18N4OS. The second-order valence-electron chi connectivity index (χ2n) is 5.20. The van der Waals surface area contributed by atoms with E-state index >= 15 is 0 Å². The summed E-state index contributed by atoms with van der Waals surface area (Å²) in [6.07, 6.45) is 4.39. The van der Waals surface area contributed by atoms with Crippen LogP contribution in [-0.2, 0) is 20.0 Å². The highest BCUT2D eigenvalue weighted by Gasteiger charge is 2.11. The zero-order valence-corrected chi connectivity index (χ0v) is 14.0. The first-order valence-electron chi connectivity index (χ1n) is 7.44. The van der Waals surface area contributed by atoms with Gasteiger partial charge < -0.3 is 4.57 Å². The van der Waals surface area contributed by atoms with Crippen molar-refractivity contribution in [1.29, 1.82) is 0 Å². The number of rotatable bonds is 4. The quantitative estimate of drug-likeness (QED) is 0.692. The van der Waals surface area contributed by atoms with Gasteiger partial charge in [-0.2, -0.15) is 10.1 Å². The van der Waals surface area contributed by atoms with Gasteiger partial charge in [0.15, 0.2) is 4.80 Å². The highest BCUT2D eigenvalue weighted by Crippen LogP contribution is 2.20. The van der Waals surface area contributed by atoms with Gasteiger partial charge in [-0.05, 0) is 30.2 Å². The minimum Gasteiger partial charge on any atom is -0.312 e. The summed E-state index contributed by atoms with van der Waals surface area (Å²) in [7, 11) is 1.74. The number of aromatic nitrogens is 3. The van der Waals surface area contributed by atoms with Crippen LogP contribution in [0.2, 0.25) is 0 Å². The highest BCUT2D eigenvalue weighted by atomic mass is 32.1. The minimum atomic E-state index is -0.287. The molecule has 0 atom stereocenters. The van der Waals surface area contributed by atoms with Gasteiger partial charge in [0, 0.05) is 19.8 Å². The summed E-state index contributed by atoms with van der Waals surface area (Å²) in [5, 5.41) is 4.02. The lowest BCUT2D eigenvalue weighted by atomic mass is 10.2. The number of benzene rings is 1. The Hall–Kier alpha value is -2.47. The lowest BCUT2D eigenvalue weighted by Gasteiger charge is -2.02. The number of fused-ring (bicyclic) bond motifs is 1. The van der Waals surface area contributed by atoms with Crippen molar-refractivity contribution in [3.8, 4) is 0 Å². The summed E-state index contributed by atoms with van der Waals surface area (Å²) >= 11 is 1.52. The number of nitrogens with zero attached hydrogens (tertiary/aromatic N) is 4. The van der Waals surface area contributed by atoms with Gasteiger partial charge in [-0.1, -0.05) is 30.4 Å². The van der Waals surface area contributed by atoms with Crippen molar-refractivity contribution in [3.63, 3.8) is 0 Å². The third-order valence-electron chi connectivity index (χ3n) is 3.70. The third-order valence-corrected chi connectivity index (χ3v) is 4.75. The van der Waals surface area contributed by atoms with Crippen LogP contribution < -0.4 is 4.80 Å². The van der Waals surface area contributed by atoms with Crippen LogP contribution in [0.25, 0.3) is 10.2 Å². The van der Waals surface area contributed by atoms with Crippen LogP contribution in [0.3, 0.4) is 0 Å². The number of thiazole rings is 1. The zero-order chi connectivity index (χ0) is 16.4. The summed E-state index contributed by atoms with van der Waals surface area (Å²) < 4.78 is 4.68. The molecule has 0 spiro atoms. The maximum Gasteiger partial charge on any atom is 0.297 e. The molecule has 0 radical (unpaired) electrons. The molecule has 3 rings (SSSR count). The number of hydrogen-bond donors (Lipinski definition) is 0. The van der Waals surface area contributed by atoms with E-state index in [4.69, 9.17) is 0 Å². The topological polar surface area (TPSA) is 52.2 Å². The Morgan fingerprint density at radius 1 is 1.43 bits per heavy atom. The zero-order valence-electron chi connectivity index (χ0n) is 13.2. The van der Waals surface area contributed by atoms with Crippen molar-refractivity contribution < 1.29 is 4.79 Å². The highest BCUT2D eigenvalue weighted by molar-refractivity contribution is 7.16. The summed E-state index contributed by atoms with van der Waals surface area (Å²) in [5.41, 5.74) is 2.82. The SMILES string of the molecule is C=CCn1c(=NC(=O)c2ccnn2C)sc2cc(CC)ccc21. The summed E-state index contributed by atoms with van der Waals surface area (Å²) in [6, 6.07) is 8.03. The largest absolute Gasteiger partial charge is 0.312 e. The van der Waals surface area contributed by atoms with Crippen molar-refractivity contribution in [2.45, 2.75) is 19.9 Å². The third kappa shape index (κ3) is 2.90. The Labute approximate surface area is 138 Å². The second-order valence-corrected chi connectivity index (χ2v) is 6.21. The molecule has 118 valence electrons. The van der Waals surface area contributed by atoms with Crippen LogP contribution in [0.4, 0.5) is 0 Å². The molecule has 1 amide bonds. The first-order valence-corrected chi connectivity index (χ1v) is 8.26. The smallest absolute Gasteiger partial charge is 0.297 e. The standard InChI is InChI=1S/C17H18N4OS/c1-4-10-21-13-7-6-12(5-2)11-15(13)23-17(21)19-16(22)14-8-9-18-20(14)3/h4,6-9,11H,1,5,10H2,2-3H3. The molecule has 5 nitrogen and oxygen atoms in total. The lowest BCUT2D eigenvalue weighted by molar-refractivity contribution is 0.0989. The number of aryl methyl sites for hydroxylation is 2. The molecule has 0 saturated heterocycles. The molecule has 0 aliphatic carbocycles. The van der Waals surface area contributed by atoms with Crippen LogP contribution in [0.1, 0.15) is 23.0 Å². The summed E-state index contributed by atoms with van der Waals surface area (Å²) in [4.78, 5) is 17.4. The van der Waals surface area contributed by atoms with Gasteiger partial charge in [-0.25, -0.2) is 0 Å². The fraction of sp³-hybridized carbons (Fsp3) is 0.235. The van der Waals surface area contributed by atoms with Crippen LogP contribution >= 0.6 is 11.3 Å². The number of carbonyl (C=O) groups excluding carboxylic acids is 1. The predicted molar refractivity (Wildman–Crippen MR) is 92.5 cm³/mol. The Morgan fingerprint density at radius 3 is 2.91 bits per heavy atom. The number of hydrogen-bond acceptors (Lipinski definition) is 3. The van der Waals surface area contributed by atoms with Gasteiger partial charge in [0.1, 0.15) is 5.69 Å². The van der Waals surface area contributed by atoms with Gasteiger partial charge >= 0.3 is 0 Å². The first-order chi connectivity index (χ1) is 11.1. The molecule has 0 unspecified atom stereocenters. The lowest BCUT2D eigenvalue weighted by Crippen LogP contribution is -2.17. The van der Waals surface area contributed by atoms with E-state index in [2.05, 4.69) is 41.8 Å². The van der Waals surface area contributed by atoms with E-state index in [1.165, 1.54) is 21.6 Å². The fourth-order valence-corrected chi connectivity index (χ4v) is 3.56. The molecule has 0 bridgehead atoms. The number of carbonyl (C=O) groups is 1. The van der Waals surface area contributed by atoms with E-state index in [9.17, 15) is 4.79 Å². The first kappa shape index (κ1) is 15.4. The molecule has 0 N–H and O–H groups in total. The molecule has 0 aliphatic heterocycles. The average Bonchev–Trinajstić information content (AvgIpc) is 3.11. The van der Waals surface area contributed by atoms with E-state index in [-0.39, 0.29) is 5.91 Å². The Balaban J connectivity index is 2.17. The van der Waals surface area contributed by atoms with E-state index in [0.29, 0.717) is 17.0 Å². The molecule has 0 saturated carbocycles. The van der Waals surface area contributed by atoms with E-state index < -0.39 is 0 Å². The van der Waals surface area contributed by atoms with Crippen molar-refractivity contribution in [2.75, 3.05) is 0 Å². The molecule has 2 heterocycles. The maximum absolute atomic E-state index is 12.4. The average molecular weight is 326 g/mol. The second kappa shape index (κ2) is 6.34. The fourth-order valence-electron chi connectivity index (χ4n) is 2.46. The Bertz CT molecular complexity index is 945. The van der Waals surface area contributed by atoms with Crippen LogP contribution in [-0.4, -0.2) is 20.3 Å². The molecule has 3 aromatic rings. The number of amides is 1. The van der Waals surface area contributed by atoms with Crippen molar-refractivity contribution in [2.24, 2.45) is 12.0 Å². The minimum absolute atomic E-state index is 0.287. The van der Waals surface area contributed by atoms with Crippen LogP contribution in [0.15, 0.2) is 48.1 Å². The molecule has 1 aromatic carbocycles. The predicted octanol–water partition coefficient (Wildman–Crippen LogP) is 2.93. The monoisotopic (exact) mass is 326 g/mol. The van der Waals surface area contributed by atoms with Gasteiger partial charge in [0.05, 0.1) is 10.2 Å². The Morgan fingerprint density at radius 2 is 2.26 bits per heavy atom. The van der Waals surface area contributed by atoms with E-state index in [1.54, 1.807) is 19.3 Å². The molecule has 23 heavy (non-hydrogen) atoms. The maximum atomic E-state index is 12.4. The molecule has 0 aliphatic rings. The van der Waals surface area contributed by atoms with Crippen LogP contribution in [0.5, 0.6) is 0 Å². The molecule has 2 aromatic heterocycles. The van der Waals surface area contributed by atoms with Gasteiger partial charge in [-0.3, -0.25) is 9.48 Å². The Kier molecular flexibility index (Phi) is 4.25. The summed E-state index contributed by atoms with van der Waals surface area (Å²) in [5.74, 6) is -0.287. The molecule has 6 heteroatoms. The van der Waals surface area contributed by atoms with Crippen LogP contribution in [0, 0.1) is 0 Å². The van der Waals surface area contributed by atoms with Gasteiger partial charge in [0.2, 0.25) is 0 Å². The summed E-state index contributed by atoms with van der Waals surface area (Å²) in [6.45, 7) is 6.55. The normalized spacial score (nSPS) is 12.0. The van der Waals surface area contributed by atoms with Crippen molar-refractivity contribution in [3.05, 3.63) is 59.2 Å². The van der Waals surface area contributed by atoms with Crippen molar-refractivity contribution in [1.82, 2.24) is 14.3 Å². The number of allylic oxidation sites excluding steroid dienone is 1. The van der Waals surface area contributed by atoms with Crippen molar-refractivity contribution >= 4 is 27.5 Å². The molecule has 0 fully saturated rings. The van der Waals surface area contributed by atoms with Gasteiger partial charge in [0.25, 0.3) is 5.91 Å².